The van der Waals surface area contributed by atoms with E-state index in [1.54, 1.807) is 0 Å². The molecule has 1 aliphatic rings. The summed E-state index contributed by atoms with van der Waals surface area (Å²) < 4.78 is 6.51. The minimum Gasteiger partial charge on any atom is -0.475 e. The lowest BCUT2D eigenvalue weighted by Crippen LogP contribution is -2.06. The van der Waals surface area contributed by atoms with E-state index in [0.29, 0.717) is 6.04 Å². The van der Waals surface area contributed by atoms with Gasteiger partial charge in [-0.25, -0.2) is 4.99 Å². The molecule has 68 valence electrons. The summed E-state index contributed by atoms with van der Waals surface area (Å²) in [4.78, 5) is 4.46. The SMILES string of the molecule is IC[C@H]1COC(c2ccccc2)=N1. The van der Waals surface area contributed by atoms with Crippen molar-refractivity contribution in [1.82, 2.24) is 0 Å². The molecule has 2 nitrogen and oxygen atoms in total. The molecule has 1 heterocycles. The Morgan fingerprint density at radius 1 is 1.38 bits per heavy atom. The number of hydrogen-bond acceptors (Lipinski definition) is 2. The fraction of sp³-hybridized carbons (Fsp3) is 0.300. The van der Waals surface area contributed by atoms with Crippen molar-refractivity contribution in [2.24, 2.45) is 4.99 Å². The maximum atomic E-state index is 5.49. The van der Waals surface area contributed by atoms with Crippen molar-refractivity contribution < 1.29 is 4.74 Å². The van der Waals surface area contributed by atoms with Gasteiger partial charge in [-0.3, -0.25) is 0 Å². The van der Waals surface area contributed by atoms with Crippen molar-refractivity contribution in [3.8, 4) is 0 Å². The molecule has 0 fully saturated rings. The van der Waals surface area contributed by atoms with Crippen molar-refractivity contribution >= 4 is 28.5 Å². The van der Waals surface area contributed by atoms with Gasteiger partial charge in [0.1, 0.15) is 6.61 Å². The van der Waals surface area contributed by atoms with Crippen LogP contribution >= 0.6 is 22.6 Å². The van der Waals surface area contributed by atoms with E-state index >= 15 is 0 Å². The van der Waals surface area contributed by atoms with E-state index in [9.17, 15) is 0 Å². The number of halogens is 1. The zero-order valence-electron chi connectivity index (χ0n) is 7.11. The second-order valence-corrected chi connectivity index (χ2v) is 3.80. The average molecular weight is 287 g/mol. The van der Waals surface area contributed by atoms with Gasteiger partial charge in [-0.2, -0.15) is 0 Å². The number of aliphatic imine (C=N–C) groups is 1. The molecule has 0 aliphatic carbocycles. The van der Waals surface area contributed by atoms with Gasteiger partial charge < -0.3 is 4.74 Å². The molecular formula is C10H10INO. The highest BCUT2D eigenvalue weighted by Crippen LogP contribution is 2.13. The Bertz CT molecular complexity index is 310. The van der Waals surface area contributed by atoms with Crippen LogP contribution in [0, 0.1) is 0 Å². The van der Waals surface area contributed by atoms with Crippen molar-refractivity contribution in [3.63, 3.8) is 0 Å². The first kappa shape index (κ1) is 8.99. The van der Waals surface area contributed by atoms with Gasteiger partial charge >= 0.3 is 0 Å². The molecule has 2 rings (SSSR count). The van der Waals surface area contributed by atoms with E-state index in [1.807, 2.05) is 30.3 Å². The number of alkyl halides is 1. The molecule has 1 aromatic carbocycles. The summed E-state index contributed by atoms with van der Waals surface area (Å²) in [7, 11) is 0. The predicted octanol–water partition coefficient (Wildman–Crippen LogP) is 2.27. The van der Waals surface area contributed by atoms with Crippen LogP contribution in [-0.4, -0.2) is 23.0 Å². The van der Waals surface area contributed by atoms with Gasteiger partial charge in [0.2, 0.25) is 5.90 Å². The first-order valence-corrected chi connectivity index (χ1v) is 5.74. The van der Waals surface area contributed by atoms with E-state index in [0.717, 1.165) is 22.5 Å². The highest BCUT2D eigenvalue weighted by Gasteiger charge is 2.18. The van der Waals surface area contributed by atoms with Crippen molar-refractivity contribution in [1.29, 1.82) is 0 Å². The third-order valence-electron chi connectivity index (χ3n) is 1.91. The smallest absolute Gasteiger partial charge is 0.216 e. The molecule has 0 N–H and O–H groups in total. The monoisotopic (exact) mass is 287 g/mol. The predicted molar refractivity (Wildman–Crippen MR) is 61.6 cm³/mol. The fourth-order valence-corrected chi connectivity index (χ4v) is 1.68. The van der Waals surface area contributed by atoms with Crippen LogP contribution in [0.25, 0.3) is 0 Å². The summed E-state index contributed by atoms with van der Waals surface area (Å²) in [5, 5.41) is 0. The quantitative estimate of drug-likeness (QED) is 0.604. The third-order valence-corrected chi connectivity index (χ3v) is 2.93. The van der Waals surface area contributed by atoms with Crippen LogP contribution in [0.2, 0.25) is 0 Å². The minimum absolute atomic E-state index is 0.343. The molecular weight excluding hydrogens is 277 g/mol. The zero-order valence-corrected chi connectivity index (χ0v) is 9.27. The van der Waals surface area contributed by atoms with Gasteiger partial charge in [0.15, 0.2) is 0 Å². The highest BCUT2D eigenvalue weighted by molar-refractivity contribution is 14.1. The Labute approximate surface area is 91.2 Å². The molecule has 0 saturated carbocycles. The molecule has 0 spiro atoms. The van der Waals surface area contributed by atoms with E-state index in [4.69, 9.17) is 4.74 Å². The second kappa shape index (κ2) is 4.09. The number of nitrogens with zero attached hydrogens (tertiary/aromatic N) is 1. The van der Waals surface area contributed by atoms with Gasteiger partial charge in [-0.05, 0) is 12.1 Å². The van der Waals surface area contributed by atoms with Crippen LogP contribution < -0.4 is 0 Å². The van der Waals surface area contributed by atoms with Crippen molar-refractivity contribution in [2.75, 3.05) is 11.0 Å². The summed E-state index contributed by atoms with van der Waals surface area (Å²) in [5.41, 5.74) is 1.08. The van der Waals surface area contributed by atoms with Crippen molar-refractivity contribution in [2.45, 2.75) is 6.04 Å². The lowest BCUT2D eigenvalue weighted by atomic mass is 10.2. The fourth-order valence-electron chi connectivity index (χ4n) is 1.23. The Hall–Kier alpha value is -0.580. The van der Waals surface area contributed by atoms with Crippen molar-refractivity contribution in [3.05, 3.63) is 35.9 Å². The van der Waals surface area contributed by atoms with Crippen LogP contribution in [0.5, 0.6) is 0 Å². The Morgan fingerprint density at radius 3 is 2.77 bits per heavy atom. The molecule has 0 bridgehead atoms. The Kier molecular flexibility index (Phi) is 2.83. The topological polar surface area (TPSA) is 21.6 Å². The van der Waals surface area contributed by atoms with E-state index < -0.39 is 0 Å². The number of ether oxygens (including phenoxy) is 1. The van der Waals surface area contributed by atoms with E-state index in [1.165, 1.54) is 0 Å². The number of benzene rings is 1. The molecule has 13 heavy (non-hydrogen) atoms. The maximum absolute atomic E-state index is 5.49. The Morgan fingerprint density at radius 2 is 2.15 bits per heavy atom. The molecule has 3 heteroatoms. The second-order valence-electron chi connectivity index (χ2n) is 2.92. The molecule has 0 saturated heterocycles. The first-order valence-electron chi connectivity index (χ1n) is 4.22. The summed E-state index contributed by atoms with van der Waals surface area (Å²) in [6.07, 6.45) is 0. The largest absolute Gasteiger partial charge is 0.475 e. The lowest BCUT2D eigenvalue weighted by molar-refractivity contribution is 0.326. The van der Waals surface area contributed by atoms with Gasteiger partial charge in [0.05, 0.1) is 6.04 Å². The van der Waals surface area contributed by atoms with Gasteiger partial charge in [0, 0.05) is 9.99 Å². The minimum atomic E-state index is 0.343. The number of rotatable bonds is 2. The van der Waals surface area contributed by atoms with Crippen LogP contribution in [0.15, 0.2) is 35.3 Å². The summed E-state index contributed by atoms with van der Waals surface area (Å²) in [5.74, 6) is 0.794. The lowest BCUT2D eigenvalue weighted by Gasteiger charge is -1.99. The first-order chi connectivity index (χ1) is 6.40. The summed E-state index contributed by atoms with van der Waals surface area (Å²) in [6.45, 7) is 0.729. The van der Waals surface area contributed by atoms with Crippen LogP contribution in [0.4, 0.5) is 0 Å². The van der Waals surface area contributed by atoms with Gasteiger partial charge in [-0.15, -0.1) is 0 Å². The molecule has 0 unspecified atom stereocenters. The number of hydrogen-bond donors (Lipinski definition) is 0. The normalized spacial score (nSPS) is 21.0. The van der Waals surface area contributed by atoms with Crippen LogP contribution in [-0.2, 0) is 4.74 Å². The third kappa shape index (κ3) is 2.02. The molecule has 0 amide bonds. The van der Waals surface area contributed by atoms with E-state index in [2.05, 4.69) is 27.6 Å². The average Bonchev–Trinajstić information content (AvgIpc) is 2.67. The summed E-state index contributed by atoms with van der Waals surface area (Å²) in [6, 6.07) is 10.4. The zero-order chi connectivity index (χ0) is 9.10. The standard InChI is InChI=1S/C10H10INO/c11-6-9-7-13-10(12-9)8-4-2-1-3-5-8/h1-5,9H,6-7H2/t9-/m0/s1. The molecule has 1 atom stereocenters. The van der Waals surface area contributed by atoms with E-state index in [-0.39, 0.29) is 0 Å². The molecule has 1 aliphatic heterocycles. The maximum Gasteiger partial charge on any atom is 0.216 e. The van der Waals surface area contributed by atoms with Crippen LogP contribution in [0.1, 0.15) is 5.56 Å². The Balaban J connectivity index is 2.19. The molecule has 0 aromatic heterocycles. The molecule has 1 aromatic rings. The van der Waals surface area contributed by atoms with Gasteiger partial charge in [-0.1, -0.05) is 40.8 Å². The van der Waals surface area contributed by atoms with Gasteiger partial charge in [0.25, 0.3) is 0 Å². The molecule has 0 radical (unpaired) electrons. The van der Waals surface area contributed by atoms with Crippen LogP contribution in [0.3, 0.4) is 0 Å². The summed E-state index contributed by atoms with van der Waals surface area (Å²) >= 11 is 2.33. The highest BCUT2D eigenvalue weighted by atomic mass is 127.